The molecule has 3 nitrogen and oxygen atoms in total. The number of aryl methyl sites for hydroxylation is 1. The van der Waals surface area contributed by atoms with Crippen molar-refractivity contribution in [2.75, 3.05) is 18.1 Å². The molecule has 1 aliphatic heterocycles. The molecule has 0 amide bonds. The molecule has 1 aliphatic rings. The molecule has 1 aromatic carbocycles. The second-order valence-corrected chi connectivity index (χ2v) is 4.96. The van der Waals surface area contributed by atoms with Gasteiger partial charge in [-0.15, -0.1) is 0 Å². The Morgan fingerprint density at radius 1 is 1.39 bits per heavy atom. The van der Waals surface area contributed by atoms with E-state index in [9.17, 15) is 10.4 Å². The average Bonchev–Trinajstić information content (AvgIpc) is 2.63. The predicted molar refractivity (Wildman–Crippen MR) is 72.6 cm³/mol. The molecule has 1 atom stereocenters. The molecule has 1 N–H and O–H groups in total. The van der Waals surface area contributed by atoms with E-state index in [0.717, 1.165) is 42.6 Å². The van der Waals surface area contributed by atoms with Gasteiger partial charge in [0.15, 0.2) is 0 Å². The molecule has 1 fully saturated rings. The van der Waals surface area contributed by atoms with Crippen LogP contribution < -0.4 is 4.90 Å². The monoisotopic (exact) mass is 244 g/mol. The van der Waals surface area contributed by atoms with Gasteiger partial charge in [-0.1, -0.05) is 25.0 Å². The number of para-hydroxylation sites is 1. The van der Waals surface area contributed by atoms with Crippen LogP contribution in [0.1, 0.15) is 36.8 Å². The van der Waals surface area contributed by atoms with Gasteiger partial charge in [0.1, 0.15) is 6.07 Å². The molecular formula is C15H20N2O. The Balaban J connectivity index is 2.42. The summed E-state index contributed by atoms with van der Waals surface area (Å²) in [5.74, 6) is 0. The lowest BCUT2D eigenvalue weighted by atomic mass is 10.0. The van der Waals surface area contributed by atoms with Crippen molar-refractivity contribution in [3.8, 4) is 6.07 Å². The standard InChI is InChI=1S/C15H20N2O/c1-12-6-5-7-13(10-16)15(12)17-9-4-2-3-8-14(17)11-18/h5-7,14,18H,2-4,8-9,11H2,1H3. The summed E-state index contributed by atoms with van der Waals surface area (Å²) < 4.78 is 0. The van der Waals surface area contributed by atoms with Gasteiger partial charge < -0.3 is 10.0 Å². The predicted octanol–water partition coefficient (Wildman–Crippen LogP) is 2.61. The van der Waals surface area contributed by atoms with E-state index in [1.54, 1.807) is 0 Å². The number of benzene rings is 1. The van der Waals surface area contributed by atoms with Crippen LogP contribution in [0.4, 0.5) is 5.69 Å². The number of nitriles is 1. The molecule has 1 heterocycles. The van der Waals surface area contributed by atoms with E-state index in [1.165, 1.54) is 6.42 Å². The van der Waals surface area contributed by atoms with Crippen molar-refractivity contribution in [1.29, 1.82) is 5.26 Å². The molecule has 2 rings (SSSR count). The molecule has 1 unspecified atom stereocenters. The van der Waals surface area contributed by atoms with Crippen LogP contribution in [-0.2, 0) is 0 Å². The van der Waals surface area contributed by atoms with Crippen LogP contribution in [0.25, 0.3) is 0 Å². The van der Waals surface area contributed by atoms with Crippen molar-refractivity contribution in [2.24, 2.45) is 0 Å². The average molecular weight is 244 g/mol. The van der Waals surface area contributed by atoms with Crippen LogP contribution in [0, 0.1) is 18.3 Å². The highest BCUT2D eigenvalue weighted by Crippen LogP contribution is 2.30. The van der Waals surface area contributed by atoms with Crippen molar-refractivity contribution in [2.45, 2.75) is 38.6 Å². The molecule has 0 aliphatic carbocycles. The number of hydrogen-bond acceptors (Lipinski definition) is 3. The number of rotatable bonds is 2. The van der Waals surface area contributed by atoms with Crippen LogP contribution in [0.15, 0.2) is 18.2 Å². The Bertz CT molecular complexity index is 450. The zero-order valence-electron chi connectivity index (χ0n) is 10.9. The highest BCUT2D eigenvalue weighted by Gasteiger charge is 2.23. The topological polar surface area (TPSA) is 47.3 Å². The first-order valence-electron chi connectivity index (χ1n) is 6.65. The van der Waals surface area contributed by atoms with Gasteiger partial charge in [-0.05, 0) is 31.4 Å². The second kappa shape index (κ2) is 5.88. The maximum Gasteiger partial charge on any atom is 0.101 e. The number of aliphatic hydroxyl groups excluding tert-OH is 1. The van der Waals surface area contributed by atoms with Gasteiger partial charge in [-0.3, -0.25) is 0 Å². The van der Waals surface area contributed by atoms with E-state index in [1.807, 2.05) is 25.1 Å². The number of hydrogen-bond donors (Lipinski definition) is 1. The summed E-state index contributed by atoms with van der Waals surface area (Å²) in [5, 5.41) is 18.8. The third-order valence-electron chi connectivity index (χ3n) is 3.73. The Hall–Kier alpha value is -1.53. The summed E-state index contributed by atoms with van der Waals surface area (Å²) in [6.07, 6.45) is 4.52. The zero-order valence-corrected chi connectivity index (χ0v) is 10.9. The molecule has 0 spiro atoms. The molecule has 0 radical (unpaired) electrons. The maximum atomic E-state index is 9.58. The van der Waals surface area contributed by atoms with E-state index in [0.29, 0.717) is 0 Å². The molecular weight excluding hydrogens is 224 g/mol. The number of aliphatic hydroxyl groups is 1. The highest BCUT2D eigenvalue weighted by atomic mass is 16.3. The minimum Gasteiger partial charge on any atom is -0.394 e. The lowest BCUT2D eigenvalue weighted by molar-refractivity contribution is 0.255. The summed E-state index contributed by atoms with van der Waals surface area (Å²) in [6.45, 7) is 3.14. The van der Waals surface area contributed by atoms with Crippen LogP contribution in [-0.4, -0.2) is 24.3 Å². The Kier molecular flexibility index (Phi) is 4.22. The molecule has 1 saturated heterocycles. The number of anilines is 1. The lowest BCUT2D eigenvalue weighted by Gasteiger charge is -2.32. The fourth-order valence-corrected chi connectivity index (χ4v) is 2.79. The molecule has 0 aromatic heterocycles. The van der Waals surface area contributed by atoms with Gasteiger partial charge in [0, 0.05) is 6.54 Å². The van der Waals surface area contributed by atoms with E-state index in [4.69, 9.17) is 0 Å². The lowest BCUT2D eigenvalue weighted by Crippen LogP contribution is -2.38. The van der Waals surface area contributed by atoms with Crippen LogP contribution >= 0.6 is 0 Å². The fourth-order valence-electron chi connectivity index (χ4n) is 2.79. The third kappa shape index (κ3) is 2.49. The number of nitrogens with zero attached hydrogens (tertiary/aromatic N) is 2. The Labute approximate surface area is 109 Å². The Morgan fingerprint density at radius 2 is 2.22 bits per heavy atom. The van der Waals surface area contributed by atoms with Gasteiger partial charge in [-0.2, -0.15) is 5.26 Å². The fraction of sp³-hybridized carbons (Fsp3) is 0.533. The zero-order chi connectivity index (χ0) is 13.0. The largest absolute Gasteiger partial charge is 0.394 e. The van der Waals surface area contributed by atoms with Gasteiger partial charge in [0.2, 0.25) is 0 Å². The molecule has 18 heavy (non-hydrogen) atoms. The van der Waals surface area contributed by atoms with E-state index >= 15 is 0 Å². The maximum absolute atomic E-state index is 9.58. The van der Waals surface area contributed by atoms with Crippen molar-refractivity contribution < 1.29 is 5.11 Å². The first-order valence-corrected chi connectivity index (χ1v) is 6.65. The van der Waals surface area contributed by atoms with E-state index < -0.39 is 0 Å². The first-order chi connectivity index (χ1) is 8.77. The minimum absolute atomic E-state index is 0.153. The summed E-state index contributed by atoms with van der Waals surface area (Å²) >= 11 is 0. The Morgan fingerprint density at radius 3 is 2.94 bits per heavy atom. The van der Waals surface area contributed by atoms with Gasteiger partial charge >= 0.3 is 0 Å². The second-order valence-electron chi connectivity index (χ2n) is 4.96. The molecule has 96 valence electrons. The van der Waals surface area contributed by atoms with Crippen LogP contribution in [0.2, 0.25) is 0 Å². The quantitative estimate of drug-likeness (QED) is 0.870. The van der Waals surface area contributed by atoms with Gasteiger partial charge in [-0.25, -0.2) is 0 Å². The SMILES string of the molecule is Cc1cccc(C#N)c1N1CCCCCC1CO. The normalized spacial score (nSPS) is 20.3. The summed E-state index contributed by atoms with van der Waals surface area (Å²) in [7, 11) is 0. The van der Waals surface area contributed by atoms with Crippen molar-refractivity contribution >= 4 is 5.69 Å². The third-order valence-corrected chi connectivity index (χ3v) is 3.73. The summed E-state index contributed by atoms with van der Waals surface area (Å²) in [4.78, 5) is 2.24. The van der Waals surface area contributed by atoms with Crippen LogP contribution in [0.3, 0.4) is 0 Å². The van der Waals surface area contributed by atoms with Crippen molar-refractivity contribution in [3.05, 3.63) is 29.3 Å². The molecule has 1 aromatic rings. The van der Waals surface area contributed by atoms with E-state index in [-0.39, 0.29) is 12.6 Å². The molecule has 0 saturated carbocycles. The van der Waals surface area contributed by atoms with Crippen molar-refractivity contribution in [3.63, 3.8) is 0 Å². The first kappa shape index (κ1) is 12.9. The molecule has 0 bridgehead atoms. The summed E-state index contributed by atoms with van der Waals surface area (Å²) in [5.41, 5.74) is 2.85. The highest BCUT2D eigenvalue weighted by molar-refractivity contribution is 5.64. The van der Waals surface area contributed by atoms with Crippen LogP contribution in [0.5, 0.6) is 0 Å². The smallest absolute Gasteiger partial charge is 0.101 e. The minimum atomic E-state index is 0.153. The summed E-state index contributed by atoms with van der Waals surface area (Å²) in [6, 6.07) is 8.25. The van der Waals surface area contributed by atoms with Gasteiger partial charge in [0.05, 0.1) is 23.9 Å². The molecule has 3 heteroatoms. The van der Waals surface area contributed by atoms with E-state index in [2.05, 4.69) is 11.0 Å². The van der Waals surface area contributed by atoms with Crippen molar-refractivity contribution in [1.82, 2.24) is 0 Å². The van der Waals surface area contributed by atoms with Gasteiger partial charge in [0.25, 0.3) is 0 Å².